The van der Waals surface area contributed by atoms with Gasteiger partial charge in [-0.2, -0.15) is 0 Å². The van der Waals surface area contributed by atoms with Crippen molar-refractivity contribution in [1.82, 2.24) is 14.9 Å². The second-order valence-corrected chi connectivity index (χ2v) is 9.35. The van der Waals surface area contributed by atoms with E-state index in [9.17, 15) is 9.59 Å². The first-order valence-electron chi connectivity index (χ1n) is 9.68. The quantitative estimate of drug-likeness (QED) is 0.873. The molecule has 0 saturated heterocycles. The smallest absolute Gasteiger partial charge is 0.262 e. The molecule has 6 heteroatoms. The predicted octanol–water partition coefficient (Wildman–Crippen LogP) is 3.41. The molecule has 2 fully saturated rings. The fourth-order valence-corrected chi connectivity index (χ4v) is 5.98. The number of hydrogen-bond donors (Lipinski definition) is 1. The normalized spacial score (nSPS) is 25.7. The van der Waals surface area contributed by atoms with Crippen molar-refractivity contribution >= 4 is 27.5 Å². The van der Waals surface area contributed by atoms with Gasteiger partial charge in [0.2, 0.25) is 5.91 Å². The molecule has 1 N–H and O–H groups in total. The average Bonchev–Trinajstić information content (AvgIpc) is 3.30. The second-order valence-electron chi connectivity index (χ2n) is 8.15. The highest BCUT2D eigenvalue weighted by Crippen LogP contribution is 2.49. The highest BCUT2D eigenvalue weighted by Gasteiger charge is 2.42. The number of aromatic nitrogens is 2. The predicted molar refractivity (Wildman–Crippen MR) is 105 cm³/mol. The lowest BCUT2D eigenvalue weighted by Crippen LogP contribution is -2.40. The molecule has 4 atom stereocenters. The minimum atomic E-state index is -0.0363. The Morgan fingerprint density at radius 2 is 2.19 bits per heavy atom. The largest absolute Gasteiger partial charge is 0.353 e. The molecule has 2 aliphatic rings. The molecule has 2 bridgehead atoms. The number of aryl methyl sites for hydroxylation is 3. The summed E-state index contributed by atoms with van der Waals surface area (Å²) in [5.41, 5.74) is 0.969. The van der Waals surface area contributed by atoms with Gasteiger partial charge in [-0.15, -0.1) is 11.3 Å². The summed E-state index contributed by atoms with van der Waals surface area (Å²) in [6.45, 7) is 6.49. The molecule has 2 aliphatic carbocycles. The molecule has 1 amide bonds. The Balaban J connectivity index is 1.38. The van der Waals surface area contributed by atoms with Crippen LogP contribution in [-0.2, 0) is 11.3 Å². The van der Waals surface area contributed by atoms with Crippen molar-refractivity contribution in [2.75, 3.05) is 0 Å². The zero-order valence-corrected chi connectivity index (χ0v) is 16.6. The van der Waals surface area contributed by atoms with Gasteiger partial charge in [0.05, 0.1) is 11.7 Å². The molecule has 0 aromatic carbocycles. The van der Waals surface area contributed by atoms with Gasteiger partial charge < -0.3 is 5.32 Å². The van der Waals surface area contributed by atoms with Gasteiger partial charge in [0.25, 0.3) is 5.56 Å². The first-order valence-corrected chi connectivity index (χ1v) is 10.5. The first-order chi connectivity index (χ1) is 12.4. The van der Waals surface area contributed by atoms with Crippen LogP contribution >= 0.6 is 11.3 Å². The highest BCUT2D eigenvalue weighted by atomic mass is 32.1. The van der Waals surface area contributed by atoms with Crippen LogP contribution in [0.15, 0.2) is 11.1 Å². The number of fused-ring (bicyclic) bond motifs is 3. The van der Waals surface area contributed by atoms with E-state index in [1.165, 1.54) is 25.7 Å². The topological polar surface area (TPSA) is 64.0 Å². The Morgan fingerprint density at radius 1 is 1.38 bits per heavy atom. The number of rotatable bonds is 5. The molecule has 5 nitrogen and oxygen atoms in total. The third kappa shape index (κ3) is 3.08. The van der Waals surface area contributed by atoms with E-state index in [0.29, 0.717) is 24.3 Å². The maximum absolute atomic E-state index is 12.7. The summed E-state index contributed by atoms with van der Waals surface area (Å²) in [5, 5.41) is 3.88. The average molecular weight is 374 g/mol. The van der Waals surface area contributed by atoms with Gasteiger partial charge in [-0.05, 0) is 63.4 Å². The minimum absolute atomic E-state index is 0.0329. The summed E-state index contributed by atoms with van der Waals surface area (Å²) in [7, 11) is 0. The second kappa shape index (κ2) is 6.80. The lowest BCUT2D eigenvalue weighted by Gasteiger charge is -2.28. The lowest BCUT2D eigenvalue weighted by molar-refractivity contribution is -0.122. The SMILES string of the molecule is Cc1sc2ncn(CCC(=O)N[C@H](C)[C@H]3C[C@H]4CC[C@H]3C4)c(=O)c2c1C. The highest BCUT2D eigenvalue weighted by molar-refractivity contribution is 7.18. The van der Waals surface area contributed by atoms with E-state index >= 15 is 0 Å². The van der Waals surface area contributed by atoms with Crippen LogP contribution in [0.2, 0.25) is 0 Å². The summed E-state index contributed by atoms with van der Waals surface area (Å²) in [6.07, 6.45) is 7.22. The molecule has 2 aromatic rings. The summed E-state index contributed by atoms with van der Waals surface area (Å²) in [5.74, 6) is 2.35. The van der Waals surface area contributed by atoms with Crippen LogP contribution in [0.4, 0.5) is 0 Å². The van der Waals surface area contributed by atoms with Crippen LogP contribution in [0.5, 0.6) is 0 Å². The molecule has 2 aromatic heterocycles. The van der Waals surface area contributed by atoms with Gasteiger partial charge in [0.15, 0.2) is 0 Å². The van der Waals surface area contributed by atoms with E-state index in [1.807, 2.05) is 13.8 Å². The Labute approximate surface area is 157 Å². The van der Waals surface area contributed by atoms with Gasteiger partial charge >= 0.3 is 0 Å². The third-order valence-corrected chi connectivity index (χ3v) is 7.67. The van der Waals surface area contributed by atoms with E-state index in [1.54, 1.807) is 22.2 Å². The maximum atomic E-state index is 12.7. The number of thiophene rings is 1. The van der Waals surface area contributed by atoms with E-state index in [0.717, 1.165) is 27.1 Å². The van der Waals surface area contributed by atoms with Crippen LogP contribution in [-0.4, -0.2) is 21.5 Å². The molecule has 0 radical (unpaired) electrons. The first kappa shape index (κ1) is 17.7. The Bertz CT molecular complexity index is 900. The number of nitrogens with zero attached hydrogens (tertiary/aromatic N) is 2. The summed E-state index contributed by atoms with van der Waals surface area (Å²) < 4.78 is 1.57. The molecule has 140 valence electrons. The van der Waals surface area contributed by atoms with Crippen LogP contribution in [0.25, 0.3) is 10.2 Å². The molecule has 4 rings (SSSR count). The van der Waals surface area contributed by atoms with E-state index in [-0.39, 0.29) is 17.5 Å². The number of carbonyl (C=O) groups is 1. The van der Waals surface area contributed by atoms with Crippen LogP contribution in [0.3, 0.4) is 0 Å². The fraction of sp³-hybridized carbons (Fsp3) is 0.650. The van der Waals surface area contributed by atoms with Crippen molar-refractivity contribution < 1.29 is 4.79 Å². The maximum Gasteiger partial charge on any atom is 0.262 e. The van der Waals surface area contributed by atoms with Gasteiger partial charge in [0, 0.05) is 23.9 Å². The van der Waals surface area contributed by atoms with E-state index in [2.05, 4.69) is 17.2 Å². The fourth-order valence-electron chi connectivity index (χ4n) is 4.99. The molecular formula is C20H27N3O2S. The number of amides is 1. The summed E-state index contributed by atoms with van der Waals surface area (Å²) in [4.78, 5) is 31.4. The monoisotopic (exact) mass is 373 g/mol. The lowest BCUT2D eigenvalue weighted by atomic mass is 9.84. The van der Waals surface area contributed by atoms with E-state index < -0.39 is 0 Å². The minimum Gasteiger partial charge on any atom is -0.353 e. The van der Waals surface area contributed by atoms with E-state index in [4.69, 9.17) is 0 Å². The van der Waals surface area contributed by atoms with Crippen LogP contribution in [0, 0.1) is 31.6 Å². The van der Waals surface area contributed by atoms with Crippen molar-refractivity contribution in [3.05, 3.63) is 27.1 Å². The Hall–Kier alpha value is -1.69. The third-order valence-electron chi connectivity index (χ3n) is 6.56. The summed E-state index contributed by atoms with van der Waals surface area (Å²) >= 11 is 1.55. The molecular weight excluding hydrogens is 346 g/mol. The number of carbonyl (C=O) groups excluding carboxylic acids is 1. The zero-order chi connectivity index (χ0) is 18.4. The Morgan fingerprint density at radius 3 is 2.88 bits per heavy atom. The van der Waals surface area contributed by atoms with Gasteiger partial charge in [0.1, 0.15) is 4.83 Å². The van der Waals surface area contributed by atoms with Crippen molar-refractivity contribution in [1.29, 1.82) is 0 Å². The molecule has 0 spiro atoms. The van der Waals surface area contributed by atoms with Crippen LogP contribution < -0.4 is 10.9 Å². The molecule has 26 heavy (non-hydrogen) atoms. The van der Waals surface area contributed by atoms with Gasteiger partial charge in [-0.3, -0.25) is 14.2 Å². The van der Waals surface area contributed by atoms with Crippen molar-refractivity contribution in [2.24, 2.45) is 17.8 Å². The molecule has 0 aliphatic heterocycles. The van der Waals surface area contributed by atoms with Crippen LogP contribution in [0.1, 0.15) is 49.5 Å². The molecule has 2 heterocycles. The van der Waals surface area contributed by atoms with Crippen molar-refractivity contribution in [2.45, 2.75) is 65.5 Å². The standard InChI is InChI=1S/C20H27N3O2S/c1-11-13(3)26-19-18(11)20(25)23(10-21-19)7-6-17(24)22-12(2)16-9-14-4-5-15(16)8-14/h10,12,14-16H,4-9H2,1-3H3,(H,22,24)/t12-,14+,15+,16-/m1/s1. The molecule has 0 unspecified atom stereocenters. The van der Waals surface area contributed by atoms with Crippen molar-refractivity contribution in [3.63, 3.8) is 0 Å². The van der Waals surface area contributed by atoms with Gasteiger partial charge in [-0.25, -0.2) is 4.98 Å². The number of hydrogen-bond acceptors (Lipinski definition) is 4. The Kier molecular flexibility index (Phi) is 4.63. The summed E-state index contributed by atoms with van der Waals surface area (Å²) in [6, 6.07) is 0.233. The zero-order valence-electron chi connectivity index (χ0n) is 15.7. The van der Waals surface area contributed by atoms with Gasteiger partial charge in [-0.1, -0.05) is 6.42 Å². The van der Waals surface area contributed by atoms with Crippen molar-refractivity contribution in [3.8, 4) is 0 Å². The number of nitrogens with one attached hydrogen (secondary N) is 1. The molecule has 2 saturated carbocycles.